The number of rotatable bonds is 12. The third-order valence-corrected chi connectivity index (χ3v) is 8.67. The Bertz CT molecular complexity index is 1590. The van der Waals surface area contributed by atoms with E-state index in [9.17, 15) is 32.3 Å². The van der Waals surface area contributed by atoms with E-state index in [-0.39, 0.29) is 24.4 Å². The molecule has 4 rings (SSSR count). The summed E-state index contributed by atoms with van der Waals surface area (Å²) in [5.41, 5.74) is 0.0684. The molecule has 0 aliphatic carbocycles. The molecule has 1 saturated heterocycles. The lowest BCUT2D eigenvalue weighted by molar-refractivity contribution is -0.169. The van der Waals surface area contributed by atoms with Crippen LogP contribution in [0.25, 0.3) is 0 Å². The second kappa shape index (κ2) is 13.4. The van der Waals surface area contributed by atoms with E-state index in [1.165, 1.54) is 59.8 Å². The average molecular weight is 629 g/mol. The highest BCUT2D eigenvalue weighted by Crippen LogP contribution is 2.40. The molecule has 0 spiro atoms. The van der Waals surface area contributed by atoms with Crippen LogP contribution >= 0.6 is 0 Å². The molecule has 13 heteroatoms. The van der Waals surface area contributed by atoms with Gasteiger partial charge in [0, 0.05) is 13.3 Å². The van der Waals surface area contributed by atoms with Crippen LogP contribution in [0.5, 0.6) is 5.75 Å². The molecule has 1 aliphatic heterocycles. The van der Waals surface area contributed by atoms with E-state index >= 15 is 0 Å². The van der Waals surface area contributed by atoms with E-state index in [0.717, 1.165) is 5.56 Å². The number of aliphatic carboxylic acids is 1. The molecule has 0 radical (unpaired) electrons. The summed E-state index contributed by atoms with van der Waals surface area (Å²) in [6.07, 6.45) is -2.63. The Labute approximate surface area is 254 Å². The first-order valence-electron chi connectivity index (χ1n) is 13.8. The number of nitrogens with one attached hydrogen (secondary N) is 1. The largest absolute Gasteiger partial charge is 0.480 e. The van der Waals surface area contributed by atoms with Gasteiger partial charge in [0.2, 0.25) is 16.3 Å². The fourth-order valence-electron chi connectivity index (χ4n) is 4.54. The summed E-state index contributed by atoms with van der Waals surface area (Å²) < 4.78 is 58.0. The molecule has 0 bridgehead atoms. The SMILES string of the molecule is CC(C)C(=O)O[C@H](C)OC(=O)N[C@@H](Cc1cccc(S(=O)(=O)N2CC(Oc3ccc(F)cc3)(c3ccccc3)C2)c1)C(=O)O. The predicted molar refractivity (Wildman–Crippen MR) is 155 cm³/mol. The molecule has 2 atom stereocenters. The van der Waals surface area contributed by atoms with E-state index in [1.54, 1.807) is 13.8 Å². The van der Waals surface area contributed by atoms with Gasteiger partial charge < -0.3 is 24.6 Å². The number of carboxylic acids is 1. The first kappa shape index (κ1) is 32.4. The topological polar surface area (TPSA) is 149 Å². The molecule has 1 heterocycles. The van der Waals surface area contributed by atoms with Gasteiger partial charge in [-0.05, 0) is 47.5 Å². The zero-order chi connectivity index (χ0) is 32.1. The molecule has 1 amide bonds. The molecule has 3 aromatic carbocycles. The molecule has 1 aliphatic rings. The van der Waals surface area contributed by atoms with Crippen LogP contribution in [0, 0.1) is 11.7 Å². The van der Waals surface area contributed by atoms with E-state index in [2.05, 4.69) is 5.32 Å². The van der Waals surface area contributed by atoms with Crippen molar-refractivity contribution in [2.24, 2.45) is 5.92 Å². The first-order valence-corrected chi connectivity index (χ1v) is 15.2. The van der Waals surface area contributed by atoms with Crippen LogP contribution in [0.2, 0.25) is 0 Å². The minimum absolute atomic E-state index is 0.0222. The summed E-state index contributed by atoms with van der Waals surface area (Å²) in [7, 11) is -4.03. The number of amides is 1. The Balaban J connectivity index is 1.46. The molecular weight excluding hydrogens is 595 g/mol. The highest BCUT2D eigenvalue weighted by molar-refractivity contribution is 7.89. The average Bonchev–Trinajstić information content (AvgIpc) is 2.95. The molecule has 1 fully saturated rings. The predicted octanol–water partition coefficient (Wildman–Crippen LogP) is 4.07. The Morgan fingerprint density at radius 3 is 2.23 bits per heavy atom. The van der Waals surface area contributed by atoms with Crippen molar-refractivity contribution in [2.75, 3.05) is 13.1 Å². The number of carbonyl (C=O) groups excluding carboxylic acids is 2. The number of hydrogen-bond donors (Lipinski definition) is 2. The smallest absolute Gasteiger partial charge is 0.410 e. The van der Waals surface area contributed by atoms with Crippen molar-refractivity contribution in [3.63, 3.8) is 0 Å². The summed E-state index contributed by atoms with van der Waals surface area (Å²) in [6.45, 7) is 4.48. The maximum atomic E-state index is 13.6. The lowest BCUT2D eigenvalue weighted by Crippen LogP contribution is -2.64. The van der Waals surface area contributed by atoms with E-state index in [0.29, 0.717) is 11.3 Å². The Morgan fingerprint density at radius 2 is 1.61 bits per heavy atom. The van der Waals surface area contributed by atoms with Gasteiger partial charge in [0.1, 0.15) is 17.6 Å². The number of sulfonamides is 1. The third kappa shape index (κ3) is 7.71. The summed E-state index contributed by atoms with van der Waals surface area (Å²) in [4.78, 5) is 35.8. The van der Waals surface area contributed by atoms with E-state index in [1.807, 2.05) is 30.3 Å². The van der Waals surface area contributed by atoms with Crippen molar-refractivity contribution in [1.82, 2.24) is 9.62 Å². The Hall–Kier alpha value is -4.49. The first-order chi connectivity index (χ1) is 20.8. The molecule has 0 aromatic heterocycles. The third-order valence-electron chi connectivity index (χ3n) is 6.88. The van der Waals surface area contributed by atoms with Gasteiger partial charge in [0.05, 0.1) is 23.9 Å². The quantitative estimate of drug-likeness (QED) is 0.224. The minimum Gasteiger partial charge on any atom is -0.480 e. The lowest BCUT2D eigenvalue weighted by atomic mass is 9.87. The fraction of sp³-hybridized carbons (Fsp3) is 0.323. The van der Waals surface area contributed by atoms with Crippen molar-refractivity contribution in [3.05, 3.63) is 95.8 Å². The molecule has 2 N–H and O–H groups in total. The van der Waals surface area contributed by atoms with Crippen molar-refractivity contribution in [3.8, 4) is 5.75 Å². The highest BCUT2D eigenvalue weighted by atomic mass is 32.2. The van der Waals surface area contributed by atoms with Gasteiger partial charge >= 0.3 is 18.0 Å². The summed E-state index contributed by atoms with van der Waals surface area (Å²) in [6, 6.07) is 18.9. The van der Waals surface area contributed by atoms with Crippen molar-refractivity contribution in [1.29, 1.82) is 0 Å². The van der Waals surface area contributed by atoms with Crippen molar-refractivity contribution < 1.29 is 46.5 Å². The van der Waals surface area contributed by atoms with Crippen LogP contribution in [-0.2, 0) is 41.1 Å². The zero-order valence-corrected chi connectivity index (χ0v) is 25.1. The normalized spacial score (nSPS) is 15.8. The molecular formula is C31H33FN2O9S. The zero-order valence-electron chi connectivity index (χ0n) is 24.3. The molecule has 3 aromatic rings. The van der Waals surface area contributed by atoms with E-state index in [4.69, 9.17) is 14.2 Å². The van der Waals surface area contributed by atoms with Gasteiger partial charge in [-0.25, -0.2) is 22.4 Å². The summed E-state index contributed by atoms with van der Waals surface area (Å²) in [5.74, 6) is -2.47. The number of carbonyl (C=O) groups is 3. The lowest BCUT2D eigenvalue weighted by Gasteiger charge is -2.48. The van der Waals surface area contributed by atoms with Crippen LogP contribution in [0.3, 0.4) is 0 Å². The minimum atomic E-state index is -4.03. The molecule has 0 saturated carbocycles. The van der Waals surface area contributed by atoms with Gasteiger partial charge in [-0.1, -0.05) is 56.3 Å². The fourth-order valence-corrected chi connectivity index (χ4v) is 6.14. The standard InChI is InChI=1S/C31H33FN2O9S/c1-20(2)29(37)41-21(3)42-30(38)33-27(28(35)36)17-22-8-7-11-26(16-22)44(39,40)34-18-31(19-34,23-9-5-4-6-10-23)43-25-14-12-24(32)13-15-25/h4-16,20-21,27H,17-19H2,1-3H3,(H,33,38)(H,35,36)/t21-,27-/m0/s1. The second-order valence-corrected chi connectivity index (χ2v) is 12.6. The highest BCUT2D eigenvalue weighted by Gasteiger charge is 2.52. The van der Waals surface area contributed by atoms with E-state index < -0.39 is 57.7 Å². The van der Waals surface area contributed by atoms with Gasteiger partial charge in [-0.3, -0.25) is 4.79 Å². The Morgan fingerprint density at radius 1 is 0.955 bits per heavy atom. The monoisotopic (exact) mass is 628 g/mol. The Kier molecular flexibility index (Phi) is 9.90. The number of carboxylic acid groups (broad SMARTS) is 1. The van der Waals surface area contributed by atoms with Gasteiger partial charge in [-0.2, -0.15) is 4.31 Å². The molecule has 44 heavy (non-hydrogen) atoms. The number of ether oxygens (including phenoxy) is 3. The van der Waals surface area contributed by atoms with Gasteiger partial charge in [0.25, 0.3) is 0 Å². The van der Waals surface area contributed by atoms with Crippen molar-refractivity contribution >= 4 is 28.1 Å². The number of alkyl carbamates (subject to hydrolysis) is 1. The molecule has 234 valence electrons. The van der Waals surface area contributed by atoms with Crippen LogP contribution in [0.15, 0.2) is 83.8 Å². The molecule has 0 unspecified atom stereocenters. The maximum Gasteiger partial charge on any atom is 0.410 e. The number of hydrogen-bond acceptors (Lipinski definition) is 8. The number of esters is 1. The van der Waals surface area contributed by atoms with Gasteiger partial charge in [0.15, 0.2) is 5.60 Å². The summed E-state index contributed by atoms with van der Waals surface area (Å²) >= 11 is 0. The number of benzene rings is 3. The number of nitrogens with zero attached hydrogens (tertiary/aromatic N) is 1. The maximum absolute atomic E-state index is 13.6. The summed E-state index contributed by atoms with van der Waals surface area (Å²) in [5, 5.41) is 11.9. The molecule has 11 nitrogen and oxygen atoms in total. The second-order valence-electron chi connectivity index (χ2n) is 10.6. The van der Waals surface area contributed by atoms with Crippen molar-refractivity contribution in [2.45, 2.75) is 50.0 Å². The number of halogens is 1. The van der Waals surface area contributed by atoms with Crippen LogP contribution in [-0.4, -0.2) is 61.3 Å². The van der Waals surface area contributed by atoms with Crippen LogP contribution in [0.4, 0.5) is 9.18 Å². The van der Waals surface area contributed by atoms with Crippen LogP contribution < -0.4 is 10.1 Å². The van der Waals surface area contributed by atoms with Crippen LogP contribution in [0.1, 0.15) is 31.9 Å². The van der Waals surface area contributed by atoms with Gasteiger partial charge in [-0.15, -0.1) is 0 Å².